The maximum Gasteiger partial charge on any atom is 0.343 e. The van der Waals surface area contributed by atoms with Crippen LogP contribution in [-0.2, 0) is 9.53 Å². The van der Waals surface area contributed by atoms with Crippen LogP contribution in [-0.4, -0.2) is 32.4 Å². The normalized spacial score (nSPS) is 25.2. The number of esters is 2. The summed E-state index contributed by atoms with van der Waals surface area (Å²) in [4.78, 5) is 24.1. The Labute approximate surface area is 122 Å². The molecular weight excluding hydrogens is 296 g/mol. The molecule has 2 aliphatic heterocycles. The van der Waals surface area contributed by atoms with Crippen LogP contribution in [0.1, 0.15) is 21.8 Å². The van der Waals surface area contributed by atoms with Gasteiger partial charge in [-0.25, -0.2) is 4.79 Å². The van der Waals surface area contributed by atoms with E-state index in [4.69, 9.17) is 9.47 Å². The third kappa shape index (κ3) is 1.31. The number of aromatic hydroxyl groups is 2. The van der Waals surface area contributed by atoms with E-state index < -0.39 is 46.8 Å². The molecule has 0 saturated carbocycles. The Kier molecular flexibility index (Phi) is 2.13. The first kappa shape index (κ1) is 12.6. The fraction of sp³-hybridized carbons (Fsp3) is 0.143. The molecule has 0 fully saturated rings. The lowest BCUT2D eigenvalue weighted by molar-refractivity contribution is -0.139. The highest BCUT2D eigenvalue weighted by Gasteiger charge is 2.51. The predicted octanol–water partition coefficient (Wildman–Crippen LogP) is 1.11. The minimum absolute atomic E-state index is 0.0841. The molecular formula is C14H8O8. The Morgan fingerprint density at radius 2 is 1.77 bits per heavy atom. The molecule has 0 aromatic heterocycles. The number of carbonyl (C=O) groups is 2. The molecule has 2 atom stereocenters. The second-order valence-corrected chi connectivity index (χ2v) is 5.11. The van der Waals surface area contributed by atoms with Gasteiger partial charge < -0.3 is 29.9 Å². The van der Waals surface area contributed by atoms with Crippen molar-refractivity contribution in [3.63, 3.8) is 0 Å². The standard InChI is InChI=1S/C14H8O8/c15-5-1-3-7-8-4(14(20)22-11(7)9(5)17)2-6(16)10(18)12(8)21-13(3)19/h1-3,7,15-18H. The van der Waals surface area contributed by atoms with Gasteiger partial charge in [-0.3, -0.25) is 4.79 Å². The van der Waals surface area contributed by atoms with Crippen molar-refractivity contribution in [1.29, 1.82) is 0 Å². The summed E-state index contributed by atoms with van der Waals surface area (Å²) in [5, 5.41) is 39.0. The molecule has 0 saturated heterocycles. The summed E-state index contributed by atoms with van der Waals surface area (Å²) in [7, 11) is 0. The number of phenolic OH excluding ortho intramolecular Hbond substituents is 2. The van der Waals surface area contributed by atoms with Crippen molar-refractivity contribution in [2.75, 3.05) is 0 Å². The summed E-state index contributed by atoms with van der Waals surface area (Å²) in [6.07, 6.45) is 1.08. The highest BCUT2D eigenvalue weighted by atomic mass is 16.6. The molecule has 2 heterocycles. The minimum Gasteiger partial charge on any atom is -0.504 e. The SMILES string of the molecule is O=C1OC2=C(O)C(O)=CC3C(=O)Oc4c(O)c(O)cc1c4C23. The number of benzene rings is 1. The molecule has 2 unspecified atom stereocenters. The molecule has 22 heavy (non-hydrogen) atoms. The fourth-order valence-corrected chi connectivity index (χ4v) is 2.96. The number of hydrogen-bond acceptors (Lipinski definition) is 8. The Morgan fingerprint density at radius 3 is 2.50 bits per heavy atom. The highest BCUT2D eigenvalue weighted by Crippen LogP contribution is 2.55. The molecule has 4 rings (SSSR count). The van der Waals surface area contributed by atoms with Gasteiger partial charge in [0.15, 0.2) is 28.8 Å². The zero-order valence-electron chi connectivity index (χ0n) is 10.7. The van der Waals surface area contributed by atoms with Crippen LogP contribution in [0.4, 0.5) is 0 Å². The lowest BCUT2D eigenvalue weighted by Crippen LogP contribution is -2.39. The van der Waals surface area contributed by atoms with Gasteiger partial charge >= 0.3 is 11.9 Å². The van der Waals surface area contributed by atoms with E-state index in [1.165, 1.54) is 0 Å². The second-order valence-electron chi connectivity index (χ2n) is 5.11. The van der Waals surface area contributed by atoms with Crippen LogP contribution in [0.5, 0.6) is 17.2 Å². The molecule has 1 aromatic rings. The Bertz CT molecular complexity index is 832. The molecule has 8 heteroatoms. The van der Waals surface area contributed by atoms with Crippen molar-refractivity contribution in [3.8, 4) is 17.2 Å². The predicted molar refractivity (Wildman–Crippen MR) is 67.4 cm³/mol. The average Bonchev–Trinajstić information content (AvgIpc) is 2.47. The molecule has 4 N–H and O–H groups in total. The number of rotatable bonds is 0. The molecule has 112 valence electrons. The largest absolute Gasteiger partial charge is 0.504 e. The molecule has 1 aromatic carbocycles. The highest BCUT2D eigenvalue weighted by molar-refractivity contribution is 5.99. The number of aliphatic hydroxyl groups is 2. The van der Waals surface area contributed by atoms with Crippen molar-refractivity contribution in [2.24, 2.45) is 5.92 Å². The first-order valence-corrected chi connectivity index (χ1v) is 6.27. The van der Waals surface area contributed by atoms with Crippen molar-refractivity contribution < 1.29 is 39.5 Å². The van der Waals surface area contributed by atoms with Crippen LogP contribution in [0.15, 0.2) is 29.4 Å². The summed E-state index contributed by atoms with van der Waals surface area (Å²) in [6, 6.07) is 0.999. The lowest BCUT2D eigenvalue weighted by Gasteiger charge is -2.37. The van der Waals surface area contributed by atoms with E-state index in [1.54, 1.807) is 0 Å². The minimum atomic E-state index is -1.02. The van der Waals surface area contributed by atoms with Gasteiger partial charge in [-0.1, -0.05) is 0 Å². The molecule has 0 amide bonds. The van der Waals surface area contributed by atoms with Gasteiger partial charge in [0.05, 0.1) is 17.4 Å². The van der Waals surface area contributed by atoms with Crippen LogP contribution in [0.25, 0.3) is 0 Å². The maximum atomic E-state index is 12.1. The van der Waals surface area contributed by atoms with Crippen molar-refractivity contribution in [3.05, 3.63) is 40.5 Å². The van der Waals surface area contributed by atoms with E-state index in [-0.39, 0.29) is 22.6 Å². The number of hydrogen-bond donors (Lipinski definition) is 4. The van der Waals surface area contributed by atoms with Crippen molar-refractivity contribution in [1.82, 2.24) is 0 Å². The topological polar surface area (TPSA) is 134 Å². The van der Waals surface area contributed by atoms with Gasteiger partial charge in [-0.15, -0.1) is 0 Å². The molecule has 1 aliphatic carbocycles. The van der Waals surface area contributed by atoms with Crippen LogP contribution >= 0.6 is 0 Å². The molecule has 3 aliphatic rings. The van der Waals surface area contributed by atoms with Gasteiger partial charge in [0.25, 0.3) is 0 Å². The molecule has 0 radical (unpaired) electrons. The number of phenols is 2. The van der Waals surface area contributed by atoms with Gasteiger partial charge in [0.1, 0.15) is 0 Å². The summed E-state index contributed by atoms with van der Waals surface area (Å²) in [5.74, 6) is -6.89. The van der Waals surface area contributed by atoms with Crippen LogP contribution in [0.3, 0.4) is 0 Å². The number of ether oxygens (including phenoxy) is 2. The van der Waals surface area contributed by atoms with E-state index in [0.29, 0.717) is 0 Å². The van der Waals surface area contributed by atoms with E-state index >= 15 is 0 Å². The van der Waals surface area contributed by atoms with Crippen molar-refractivity contribution >= 4 is 11.9 Å². The number of allylic oxidation sites excluding steroid dienone is 1. The zero-order chi connectivity index (χ0) is 15.8. The smallest absolute Gasteiger partial charge is 0.343 e. The summed E-state index contributed by atoms with van der Waals surface area (Å²) in [5.41, 5.74) is 0.0422. The quantitative estimate of drug-likeness (QED) is 0.318. The number of aliphatic hydroxyl groups excluding tert-OH is 2. The summed E-state index contributed by atoms with van der Waals surface area (Å²) < 4.78 is 9.98. The third-order valence-electron chi connectivity index (χ3n) is 3.94. The van der Waals surface area contributed by atoms with Gasteiger partial charge in [-0.2, -0.15) is 0 Å². The Balaban J connectivity index is 2.10. The third-order valence-corrected chi connectivity index (χ3v) is 3.94. The average molecular weight is 304 g/mol. The van der Waals surface area contributed by atoms with E-state index in [2.05, 4.69) is 0 Å². The first-order valence-electron chi connectivity index (χ1n) is 6.27. The van der Waals surface area contributed by atoms with Crippen LogP contribution in [0.2, 0.25) is 0 Å². The monoisotopic (exact) mass is 304 g/mol. The van der Waals surface area contributed by atoms with E-state index in [0.717, 1.165) is 12.1 Å². The molecule has 8 nitrogen and oxygen atoms in total. The maximum absolute atomic E-state index is 12.1. The van der Waals surface area contributed by atoms with Crippen molar-refractivity contribution in [2.45, 2.75) is 5.92 Å². The van der Waals surface area contributed by atoms with Gasteiger partial charge in [0.2, 0.25) is 5.75 Å². The number of carbonyl (C=O) groups excluding carboxylic acids is 2. The van der Waals surface area contributed by atoms with Gasteiger partial charge in [0, 0.05) is 5.56 Å². The lowest BCUT2D eigenvalue weighted by atomic mass is 9.75. The second kappa shape index (κ2) is 3.73. The van der Waals surface area contributed by atoms with Crippen LogP contribution in [0, 0.1) is 5.92 Å². The molecule has 0 spiro atoms. The van der Waals surface area contributed by atoms with E-state index in [9.17, 15) is 30.0 Å². The first-order chi connectivity index (χ1) is 10.4. The molecule has 0 bridgehead atoms. The fourth-order valence-electron chi connectivity index (χ4n) is 2.96. The Hall–Kier alpha value is -3.16. The van der Waals surface area contributed by atoms with Crippen LogP contribution < -0.4 is 4.74 Å². The Morgan fingerprint density at radius 1 is 1.05 bits per heavy atom. The zero-order valence-corrected chi connectivity index (χ0v) is 10.7. The van der Waals surface area contributed by atoms with Gasteiger partial charge in [-0.05, 0) is 12.1 Å². The van der Waals surface area contributed by atoms with E-state index in [1.807, 2.05) is 0 Å². The summed E-state index contributed by atoms with van der Waals surface area (Å²) >= 11 is 0. The summed E-state index contributed by atoms with van der Waals surface area (Å²) in [6.45, 7) is 0.